The second-order valence-electron chi connectivity index (χ2n) is 9.03. The van der Waals surface area contributed by atoms with Gasteiger partial charge < -0.3 is 15.2 Å². The number of aliphatic hydroxyl groups is 1. The van der Waals surface area contributed by atoms with E-state index < -0.39 is 22.1 Å². The molecule has 2 aromatic heterocycles. The molecule has 0 aromatic carbocycles. The first-order valence-corrected chi connectivity index (χ1v) is 12.0. The molecule has 2 aromatic rings. The average molecular weight is 447 g/mol. The molecule has 2 amide bonds. The van der Waals surface area contributed by atoms with Crippen LogP contribution >= 0.6 is 0 Å². The van der Waals surface area contributed by atoms with Crippen molar-refractivity contribution in [3.63, 3.8) is 0 Å². The van der Waals surface area contributed by atoms with Crippen LogP contribution in [0.15, 0.2) is 15.5 Å². The topological polar surface area (TPSA) is 145 Å². The van der Waals surface area contributed by atoms with Gasteiger partial charge in [0.25, 0.3) is 0 Å². The largest absolute Gasteiger partial charge is 0.474 e. The Labute approximate surface area is 180 Å². The Bertz CT molecular complexity index is 1210. The summed E-state index contributed by atoms with van der Waals surface area (Å²) in [6.07, 6.45) is 5.06. The van der Waals surface area contributed by atoms with Crippen LogP contribution in [0, 0.1) is 0 Å². The fraction of sp³-hybridized carbons (Fsp3) is 0.550. The van der Waals surface area contributed by atoms with E-state index in [1.165, 1.54) is 10.9 Å². The summed E-state index contributed by atoms with van der Waals surface area (Å²) < 4.78 is 23.7. The van der Waals surface area contributed by atoms with Crippen molar-refractivity contribution in [2.24, 2.45) is 9.50 Å². The number of carbonyl (C=O) groups is 1. The minimum absolute atomic E-state index is 0.0332. The van der Waals surface area contributed by atoms with Gasteiger partial charge in [0.05, 0.1) is 24.1 Å². The normalized spacial score (nSPS) is 22.6. The molecule has 0 saturated carbocycles. The predicted molar refractivity (Wildman–Crippen MR) is 113 cm³/mol. The third-order valence-corrected chi connectivity index (χ3v) is 7.63. The number of nitrogens with zero attached hydrogens (tertiary/aromatic N) is 4. The molecule has 1 aliphatic heterocycles. The highest BCUT2D eigenvalue weighted by Gasteiger charge is 2.36. The van der Waals surface area contributed by atoms with E-state index >= 15 is 0 Å². The van der Waals surface area contributed by atoms with Crippen molar-refractivity contribution in [3.05, 3.63) is 28.7 Å². The minimum Gasteiger partial charge on any atom is -0.474 e. The molecule has 2 aliphatic carbocycles. The lowest BCUT2D eigenvalue weighted by Gasteiger charge is -2.21. The zero-order valence-corrected chi connectivity index (χ0v) is 18.4. The summed E-state index contributed by atoms with van der Waals surface area (Å²) in [6, 6.07) is -0.768. The summed E-state index contributed by atoms with van der Waals surface area (Å²) in [6.45, 7) is 4.56. The third kappa shape index (κ3) is 3.40. The smallest absolute Gasteiger partial charge is 0.354 e. The maximum Gasteiger partial charge on any atom is 0.354 e. The number of ether oxygens (including phenoxy) is 1. The molecule has 166 valence electrons. The van der Waals surface area contributed by atoms with Crippen LogP contribution in [0.1, 0.15) is 49.2 Å². The molecule has 0 radical (unpaired) electrons. The molecule has 4 N–H and O–H groups in total. The number of aliphatic hydroxyl groups excluding tert-OH is 1. The number of nitrogens with one attached hydrogen (secondary N) is 1. The highest BCUT2D eigenvalue weighted by atomic mass is 32.2. The number of amides is 2. The van der Waals surface area contributed by atoms with Gasteiger partial charge in [-0.3, -0.25) is 4.98 Å². The Morgan fingerprint density at radius 2 is 2.19 bits per heavy atom. The van der Waals surface area contributed by atoms with Gasteiger partial charge in [-0.15, -0.1) is 4.36 Å². The summed E-state index contributed by atoms with van der Waals surface area (Å²) >= 11 is 0. The number of pyridine rings is 1. The molecule has 11 heteroatoms. The first-order chi connectivity index (χ1) is 14.7. The van der Waals surface area contributed by atoms with Crippen LogP contribution < -0.4 is 15.2 Å². The number of anilines is 1. The number of nitrogens with two attached hydrogens (primary N) is 1. The zero-order valence-electron chi connectivity index (χ0n) is 17.6. The van der Waals surface area contributed by atoms with Crippen molar-refractivity contribution >= 4 is 21.6 Å². The van der Waals surface area contributed by atoms with Gasteiger partial charge in [0.15, 0.2) is 9.92 Å². The Morgan fingerprint density at radius 3 is 3.00 bits per heavy atom. The number of rotatable bonds is 2. The standard InChI is InChI=1S/C20H26N6O4S/c1-20(2)7-6-13-16(12-4-3-5-14(12)23-17(13)20)24-19(28)25-31(21,29)15-8-22-26-9-11(27)10-30-18(15)26/h8,11,27H,3-7,9-10H2,1-2H3,(H3,21,23,24,25,28,29)/t11-,31?/m1/s1. The van der Waals surface area contributed by atoms with Crippen molar-refractivity contribution < 1.29 is 18.8 Å². The highest BCUT2D eigenvalue weighted by Crippen LogP contribution is 2.44. The summed E-state index contributed by atoms with van der Waals surface area (Å²) in [5, 5.41) is 22.6. The molecule has 0 bridgehead atoms. The second kappa shape index (κ2) is 7.01. The number of aromatic nitrogens is 3. The first-order valence-electron chi connectivity index (χ1n) is 10.4. The van der Waals surface area contributed by atoms with E-state index in [0.717, 1.165) is 60.3 Å². The number of fused-ring (bicyclic) bond motifs is 3. The Morgan fingerprint density at radius 1 is 1.39 bits per heavy atom. The van der Waals surface area contributed by atoms with Gasteiger partial charge in [0.2, 0.25) is 5.88 Å². The number of urea groups is 1. The molecule has 0 spiro atoms. The average Bonchev–Trinajstić information content (AvgIpc) is 3.38. The van der Waals surface area contributed by atoms with E-state index in [0.29, 0.717) is 0 Å². The lowest BCUT2D eigenvalue weighted by Crippen LogP contribution is -2.31. The molecule has 10 nitrogen and oxygen atoms in total. The Hall–Kier alpha value is -2.50. The molecular weight excluding hydrogens is 420 g/mol. The van der Waals surface area contributed by atoms with Gasteiger partial charge in [-0.2, -0.15) is 5.10 Å². The van der Waals surface area contributed by atoms with Gasteiger partial charge in [-0.05, 0) is 43.2 Å². The third-order valence-electron chi connectivity index (χ3n) is 6.29. The lowest BCUT2D eigenvalue weighted by atomic mass is 9.90. The van der Waals surface area contributed by atoms with Crippen LogP contribution in [0.5, 0.6) is 5.88 Å². The van der Waals surface area contributed by atoms with Gasteiger partial charge in [0, 0.05) is 11.1 Å². The molecule has 3 aliphatic rings. The molecule has 31 heavy (non-hydrogen) atoms. The summed E-state index contributed by atoms with van der Waals surface area (Å²) in [4.78, 5) is 17.8. The second-order valence-corrected chi connectivity index (χ2v) is 10.8. The van der Waals surface area contributed by atoms with E-state index in [9.17, 15) is 14.1 Å². The van der Waals surface area contributed by atoms with E-state index in [1.807, 2.05) is 0 Å². The van der Waals surface area contributed by atoms with Crippen LogP contribution in [-0.4, -0.2) is 42.8 Å². The maximum atomic E-state index is 13.1. The fourth-order valence-corrected chi connectivity index (χ4v) is 5.70. The van der Waals surface area contributed by atoms with Crippen molar-refractivity contribution in [1.82, 2.24) is 14.8 Å². The van der Waals surface area contributed by atoms with Crippen LogP contribution in [0.3, 0.4) is 0 Å². The number of hydrogen-bond acceptors (Lipinski definition) is 6. The number of carbonyl (C=O) groups excluding carboxylic acids is 1. The summed E-state index contributed by atoms with van der Waals surface area (Å²) in [5.74, 6) is 0.168. The summed E-state index contributed by atoms with van der Waals surface area (Å²) in [5.41, 5.74) is 4.83. The highest BCUT2D eigenvalue weighted by molar-refractivity contribution is 7.91. The van der Waals surface area contributed by atoms with Crippen LogP contribution in [0.2, 0.25) is 0 Å². The SMILES string of the molecule is CC1(C)CCc2c1nc1c(c2NC(=O)N=S(N)(=O)c2cnn3c2OC[C@H](O)C3)CCC1. The first kappa shape index (κ1) is 20.4. The van der Waals surface area contributed by atoms with Crippen LogP contribution in [0.4, 0.5) is 10.5 Å². The predicted octanol–water partition coefficient (Wildman–Crippen LogP) is 1.68. The zero-order chi connectivity index (χ0) is 22.0. The van der Waals surface area contributed by atoms with Gasteiger partial charge in [-0.25, -0.2) is 18.8 Å². The lowest BCUT2D eigenvalue weighted by molar-refractivity contribution is 0.0538. The van der Waals surface area contributed by atoms with Crippen molar-refractivity contribution in [2.75, 3.05) is 11.9 Å². The van der Waals surface area contributed by atoms with E-state index in [4.69, 9.17) is 14.9 Å². The van der Waals surface area contributed by atoms with Crippen molar-refractivity contribution in [1.29, 1.82) is 0 Å². The molecule has 1 unspecified atom stereocenters. The van der Waals surface area contributed by atoms with Crippen molar-refractivity contribution in [2.45, 2.75) is 68.9 Å². The quantitative estimate of drug-likeness (QED) is 0.640. The summed E-state index contributed by atoms with van der Waals surface area (Å²) in [7, 11) is -3.59. The monoisotopic (exact) mass is 446 g/mol. The van der Waals surface area contributed by atoms with E-state index in [-0.39, 0.29) is 29.3 Å². The van der Waals surface area contributed by atoms with Crippen molar-refractivity contribution in [3.8, 4) is 5.88 Å². The molecule has 2 atom stereocenters. The molecular formula is C20H26N6O4S. The van der Waals surface area contributed by atoms with Crippen LogP contribution in [0.25, 0.3) is 0 Å². The van der Waals surface area contributed by atoms with Crippen LogP contribution in [-0.2, 0) is 41.1 Å². The van der Waals surface area contributed by atoms with Gasteiger partial charge in [-0.1, -0.05) is 13.8 Å². The van der Waals surface area contributed by atoms with Gasteiger partial charge >= 0.3 is 6.03 Å². The van der Waals surface area contributed by atoms with Gasteiger partial charge in [0.1, 0.15) is 17.6 Å². The maximum absolute atomic E-state index is 13.1. The molecule has 3 heterocycles. The number of aryl methyl sites for hydroxylation is 1. The molecule has 5 rings (SSSR count). The Balaban J connectivity index is 1.49. The van der Waals surface area contributed by atoms with E-state index in [2.05, 4.69) is 28.6 Å². The minimum atomic E-state index is -3.59. The van der Waals surface area contributed by atoms with E-state index in [1.54, 1.807) is 0 Å². The molecule has 0 saturated heterocycles. The number of hydrogen-bond donors (Lipinski definition) is 3. The fourth-order valence-electron chi connectivity index (χ4n) is 4.70. The Kier molecular flexibility index (Phi) is 4.61. The molecule has 0 fully saturated rings.